The number of fused-ring (bicyclic) bond motifs is 6. The maximum Gasteiger partial charge on any atom is 0.0462 e. The lowest BCUT2D eigenvalue weighted by molar-refractivity contribution is 0.659. The number of benzene rings is 7. The third-order valence-corrected chi connectivity index (χ3v) is 11.1. The molecule has 7 aromatic rings. The van der Waals surface area contributed by atoms with Crippen LogP contribution in [0.1, 0.15) is 49.9 Å². The number of para-hydroxylation sites is 2. The van der Waals surface area contributed by atoms with Crippen molar-refractivity contribution in [2.75, 3.05) is 4.90 Å². The van der Waals surface area contributed by atoms with Crippen molar-refractivity contribution in [1.29, 1.82) is 0 Å². The first-order valence-electron chi connectivity index (χ1n) is 17.4. The molecule has 0 saturated heterocycles. The van der Waals surface area contributed by atoms with E-state index in [1.54, 1.807) is 0 Å². The lowest BCUT2D eigenvalue weighted by Crippen LogP contribution is -2.15. The Morgan fingerprint density at radius 2 is 0.653 bits per heavy atom. The van der Waals surface area contributed by atoms with Gasteiger partial charge in [-0.3, -0.25) is 0 Å². The van der Waals surface area contributed by atoms with Gasteiger partial charge in [0.2, 0.25) is 0 Å². The van der Waals surface area contributed by atoms with Crippen molar-refractivity contribution in [2.24, 2.45) is 0 Å². The van der Waals surface area contributed by atoms with Gasteiger partial charge < -0.3 is 4.90 Å². The Hall–Kier alpha value is -5.66. The molecule has 0 N–H and O–H groups in total. The van der Waals surface area contributed by atoms with Gasteiger partial charge in [-0.05, 0) is 121 Å². The van der Waals surface area contributed by atoms with Crippen LogP contribution in [-0.4, -0.2) is 0 Å². The highest BCUT2D eigenvalue weighted by atomic mass is 15.1. The molecule has 0 radical (unpaired) electrons. The summed E-state index contributed by atoms with van der Waals surface area (Å²) in [5.41, 5.74) is 19.4. The van der Waals surface area contributed by atoms with Gasteiger partial charge in [-0.15, -0.1) is 0 Å². The van der Waals surface area contributed by atoms with Gasteiger partial charge in [0.05, 0.1) is 0 Å². The molecule has 2 aliphatic carbocycles. The molecule has 0 aromatic heterocycles. The quantitative estimate of drug-likeness (QED) is 0.183. The second kappa shape index (κ2) is 10.9. The summed E-state index contributed by atoms with van der Waals surface area (Å²) in [5.74, 6) is 0. The average molecular weight is 630 g/mol. The van der Waals surface area contributed by atoms with Gasteiger partial charge in [-0.2, -0.15) is 0 Å². The molecule has 49 heavy (non-hydrogen) atoms. The molecule has 0 amide bonds. The standard InChI is InChI=1S/C48H39N/c1-47(2)43-18-12-11-17-39(43)40-27-22-34(30-44(40)47)35-23-28-42-41-26-21-33(29-45(41)48(3,4)46(42)31-35)32-19-24-38(25-20-32)49(36-13-7-5-8-14-36)37-15-9-6-10-16-37/h5-31H,1-4H3. The van der Waals surface area contributed by atoms with Crippen molar-refractivity contribution in [1.82, 2.24) is 0 Å². The molecule has 1 nitrogen and oxygen atoms in total. The molecule has 0 saturated carbocycles. The molecule has 236 valence electrons. The fraction of sp³-hybridized carbons (Fsp3) is 0.125. The maximum absolute atomic E-state index is 2.45. The zero-order valence-electron chi connectivity index (χ0n) is 28.5. The van der Waals surface area contributed by atoms with Crippen LogP contribution in [0, 0.1) is 0 Å². The SMILES string of the molecule is CC1(C)c2ccccc2-c2ccc(-c3ccc4c(c3)C(C)(C)c3cc(-c5ccc(N(c6ccccc6)c6ccccc6)cc5)ccc3-4)cc21. The molecule has 0 spiro atoms. The summed E-state index contributed by atoms with van der Waals surface area (Å²) >= 11 is 0. The Kier molecular flexibility index (Phi) is 6.58. The van der Waals surface area contributed by atoms with Crippen LogP contribution in [0.4, 0.5) is 17.1 Å². The molecule has 0 bridgehead atoms. The summed E-state index contributed by atoms with van der Waals surface area (Å²) in [6.07, 6.45) is 0. The number of rotatable bonds is 5. The Labute approximate surface area is 290 Å². The van der Waals surface area contributed by atoms with Crippen LogP contribution in [0.25, 0.3) is 44.5 Å². The first kappa shape index (κ1) is 29.5. The van der Waals surface area contributed by atoms with E-state index in [2.05, 4.69) is 196 Å². The predicted molar refractivity (Wildman–Crippen MR) is 207 cm³/mol. The van der Waals surface area contributed by atoms with E-state index >= 15 is 0 Å². The third kappa shape index (κ3) is 4.60. The minimum Gasteiger partial charge on any atom is -0.311 e. The zero-order valence-corrected chi connectivity index (χ0v) is 28.5. The summed E-state index contributed by atoms with van der Waals surface area (Å²) in [4.78, 5) is 2.31. The first-order chi connectivity index (χ1) is 23.8. The lowest BCUT2D eigenvalue weighted by Gasteiger charge is -2.25. The molecule has 9 rings (SSSR count). The van der Waals surface area contributed by atoms with E-state index in [1.165, 1.54) is 66.8 Å². The van der Waals surface area contributed by atoms with Crippen molar-refractivity contribution in [3.05, 3.63) is 186 Å². The molecule has 2 aliphatic rings. The van der Waals surface area contributed by atoms with Crippen molar-refractivity contribution in [2.45, 2.75) is 38.5 Å². The summed E-state index contributed by atoms with van der Waals surface area (Å²) in [7, 11) is 0. The van der Waals surface area contributed by atoms with Crippen LogP contribution in [0.3, 0.4) is 0 Å². The molecule has 0 aliphatic heterocycles. The average Bonchev–Trinajstić information content (AvgIpc) is 3.51. The van der Waals surface area contributed by atoms with Crippen LogP contribution in [0.15, 0.2) is 164 Å². The van der Waals surface area contributed by atoms with Gasteiger partial charge in [0, 0.05) is 27.9 Å². The number of hydrogen-bond donors (Lipinski definition) is 0. The highest BCUT2D eigenvalue weighted by molar-refractivity contribution is 5.88. The van der Waals surface area contributed by atoms with Gasteiger partial charge in [-0.25, -0.2) is 0 Å². The van der Waals surface area contributed by atoms with E-state index in [-0.39, 0.29) is 10.8 Å². The van der Waals surface area contributed by atoms with Crippen molar-refractivity contribution in [3.63, 3.8) is 0 Å². The maximum atomic E-state index is 2.45. The van der Waals surface area contributed by atoms with E-state index < -0.39 is 0 Å². The van der Waals surface area contributed by atoms with Gasteiger partial charge in [0.1, 0.15) is 0 Å². The van der Waals surface area contributed by atoms with Gasteiger partial charge in [0.15, 0.2) is 0 Å². The van der Waals surface area contributed by atoms with Crippen LogP contribution >= 0.6 is 0 Å². The normalized spacial score (nSPS) is 14.4. The Balaban J connectivity index is 1.04. The van der Waals surface area contributed by atoms with E-state index in [9.17, 15) is 0 Å². The van der Waals surface area contributed by atoms with Crippen molar-refractivity contribution >= 4 is 17.1 Å². The fourth-order valence-electron chi connectivity index (χ4n) is 8.38. The van der Waals surface area contributed by atoms with Crippen LogP contribution in [-0.2, 0) is 10.8 Å². The van der Waals surface area contributed by atoms with E-state index in [4.69, 9.17) is 0 Å². The highest BCUT2D eigenvalue weighted by Crippen LogP contribution is 2.52. The molecule has 0 heterocycles. The van der Waals surface area contributed by atoms with Crippen molar-refractivity contribution in [3.8, 4) is 44.5 Å². The summed E-state index contributed by atoms with van der Waals surface area (Å²) in [5, 5.41) is 0. The fourth-order valence-corrected chi connectivity index (χ4v) is 8.38. The molecule has 7 aromatic carbocycles. The second-order valence-corrected chi connectivity index (χ2v) is 14.6. The molecule has 0 unspecified atom stereocenters. The molecular weight excluding hydrogens is 591 g/mol. The predicted octanol–water partition coefficient (Wildman–Crippen LogP) is 13.1. The number of anilines is 3. The summed E-state index contributed by atoms with van der Waals surface area (Å²) in [6.45, 7) is 9.48. The highest BCUT2D eigenvalue weighted by Gasteiger charge is 2.37. The first-order valence-corrected chi connectivity index (χ1v) is 17.4. The summed E-state index contributed by atoms with van der Waals surface area (Å²) < 4.78 is 0. The van der Waals surface area contributed by atoms with Crippen LogP contribution in [0.2, 0.25) is 0 Å². The minimum atomic E-state index is -0.111. The van der Waals surface area contributed by atoms with Gasteiger partial charge in [-0.1, -0.05) is 137 Å². The Morgan fingerprint density at radius 1 is 0.306 bits per heavy atom. The molecule has 0 atom stereocenters. The van der Waals surface area contributed by atoms with E-state index in [0.717, 1.165) is 17.1 Å². The zero-order chi connectivity index (χ0) is 33.3. The van der Waals surface area contributed by atoms with E-state index in [1.807, 2.05) is 0 Å². The molecular formula is C48H39N. The monoisotopic (exact) mass is 629 g/mol. The number of hydrogen-bond acceptors (Lipinski definition) is 1. The Bertz CT molecular complexity index is 2320. The number of nitrogens with zero attached hydrogens (tertiary/aromatic N) is 1. The third-order valence-electron chi connectivity index (χ3n) is 11.1. The van der Waals surface area contributed by atoms with Gasteiger partial charge >= 0.3 is 0 Å². The molecule has 1 heteroatoms. The smallest absolute Gasteiger partial charge is 0.0462 e. The van der Waals surface area contributed by atoms with Crippen molar-refractivity contribution < 1.29 is 0 Å². The largest absolute Gasteiger partial charge is 0.311 e. The second-order valence-electron chi connectivity index (χ2n) is 14.6. The minimum absolute atomic E-state index is 0.00977. The molecule has 0 fully saturated rings. The van der Waals surface area contributed by atoms with Gasteiger partial charge in [0.25, 0.3) is 0 Å². The van der Waals surface area contributed by atoms with E-state index in [0.29, 0.717) is 0 Å². The Morgan fingerprint density at radius 3 is 1.14 bits per heavy atom. The van der Waals surface area contributed by atoms with Crippen LogP contribution in [0.5, 0.6) is 0 Å². The topological polar surface area (TPSA) is 3.24 Å². The lowest BCUT2D eigenvalue weighted by atomic mass is 9.80. The van der Waals surface area contributed by atoms with Crippen LogP contribution < -0.4 is 4.90 Å². The summed E-state index contributed by atoms with van der Waals surface area (Å²) in [6, 6.07) is 60.3.